The lowest BCUT2D eigenvalue weighted by Gasteiger charge is -2.27. The largest absolute Gasteiger partial charge is 0.433 e. The van der Waals surface area contributed by atoms with E-state index in [0.29, 0.717) is 34.9 Å². The summed E-state index contributed by atoms with van der Waals surface area (Å²) in [7, 11) is -3.48. The number of nitrogens with one attached hydrogen (secondary N) is 1. The highest BCUT2D eigenvalue weighted by molar-refractivity contribution is 7.91. The maximum absolute atomic E-state index is 13.2. The predicted octanol–water partition coefficient (Wildman–Crippen LogP) is 6.91. The van der Waals surface area contributed by atoms with Crippen LogP contribution in [0.5, 0.6) is 0 Å². The summed E-state index contributed by atoms with van der Waals surface area (Å²) in [6.45, 7) is 6.48. The number of rotatable bonds is 9. The van der Waals surface area contributed by atoms with Crippen LogP contribution in [0.15, 0.2) is 71.8 Å². The van der Waals surface area contributed by atoms with Gasteiger partial charge in [-0.05, 0) is 46.9 Å². The number of nitrogens with zero attached hydrogens (tertiary/aromatic N) is 3. The van der Waals surface area contributed by atoms with Crippen LogP contribution in [0.3, 0.4) is 0 Å². The quantitative estimate of drug-likeness (QED) is 0.217. The average molecular weight is 629 g/mol. The number of halogens is 3. The van der Waals surface area contributed by atoms with Crippen molar-refractivity contribution in [3.8, 4) is 11.1 Å². The van der Waals surface area contributed by atoms with E-state index in [1.54, 1.807) is 31.2 Å². The number of fused-ring (bicyclic) bond motifs is 1. The highest BCUT2D eigenvalue weighted by Crippen LogP contribution is 2.43. The minimum atomic E-state index is -4.51. The number of carbonyl (C=O) groups excluding carboxylic acids is 1. The van der Waals surface area contributed by atoms with Gasteiger partial charge in [0, 0.05) is 29.7 Å². The van der Waals surface area contributed by atoms with Gasteiger partial charge in [-0.2, -0.15) is 13.2 Å². The van der Waals surface area contributed by atoms with Crippen molar-refractivity contribution < 1.29 is 26.4 Å². The third-order valence-electron chi connectivity index (χ3n) is 7.33. The van der Waals surface area contributed by atoms with Crippen molar-refractivity contribution in [1.82, 2.24) is 14.9 Å². The first kappa shape index (κ1) is 30.8. The molecule has 1 N–H and O–H groups in total. The number of pyridine rings is 1. The first-order chi connectivity index (χ1) is 20.4. The molecule has 5 rings (SSSR count). The number of sulfone groups is 1. The molecule has 0 saturated heterocycles. The van der Waals surface area contributed by atoms with Gasteiger partial charge in [-0.1, -0.05) is 57.2 Å². The summed E-state index contributed by atoms with van der Waals surface area (Å²) in [5.74, 6) is -0.190. The normalized spacial score (nSPS) is 15.6. The molecule has 0 radical (unpaired) electrons. The lowest BCUT2D eigenvalue weighted by Crippen LogP contribution is -2.26. The summed E-state index contributed by atoms with van der Waals surface area (Å²) < 4.78 is 65.0. The minimum absolute atomic E-state index is 0.0276. The van der Waals surface area contributed by atoms with E-state index in [1.807, 2.05) is 44.2 Å². The second-order valence-electron chi connectivity index (χ2n) is 10.8. The van der Waals surface area contributed by atoms with Gasteiger partial charge in [0.15, 0.2) is 15.0 Å². The van der Waals surface area contributed by atoms with Crippen LogP contribution < -0.4 is 5.32 Å². The lowest BCUT2D eigenvalue weighted by molar-refractivity contribution is -0.141. The molecule has 0 fully saturated rings. The maximum Gasteiger partial charge on any atom is 0.433 e. The molecule has 4 aromatic rings. The van der Waals surface area contributed by atoms with Crippen molar-refractivity contribution in [3.05, 3.63) is 94.3 Å². The smallest absolute Gasteiger partial charge is 0.302 e. The van der Waals surface area contributed by atoms with Gasteiger partial charge in [0.1, 0.15) is 5.69 Å². The van der Waals surface area contributed by atoms with Gasteiger partial charge in [0.2, 0.25) is 5.91 Å². The topological polar surface area (TPSA) is 92.3 Å². The van der Waals surface area contributed by atoms with E-state index >= 15 is 0 Å². The zero-order valence-corrected chi connectivity index (χ0v) is 25.5. The second-order valence-corrected chi connectivity index (χ2v) is 14.1. The molecule has 3 heterocycles. The van der Waals surface area contributed by atoms with Gasteiger partial charge in [0.25, 0.3) is 0 Å². The van der Waals surface area contributed by atoms with Crippen molar-refractivity contribution in [3.63, 3.8) is 0 Å². The fourth-order valence-electron chi connectivity index (χ4n) is 5.38. The number of alkyl halides is 3. The first-order valence-electron chi connectivity index (χ1n) is 13.8. The summed E-state index contributed by atoms with van der Waals surface area (Å²) in [5.41, 5.74) is 2.39. The summed E-state index contributed by atoms with van der Waals surface area (Å²) in [6, 6.07) is 16.7. The molecule has 0 unspecified atom stereocenters. The van der Waals surface area contributed by atoms with E-state index in [2.05, 4.69) is 15.2 Å². The molecule has 1 atom stereocenters. The van der Waals surface area contributed by atoms with Crippen molar-refractivity contribution in [2.75, 3.05) is 11.1 Å². The Morgan fingerprint density at radius 2 is 1.84 bits per heavy atom. The fourth-order valence-corrected chi connectivity index (χ4v) is 7.52. The van der Waals surface area contributed by atoms with E-state index in [4.69, 9.17) is 4.98 Å². The van der Waals surface area contributed by atoms with Gasteiger partial charge < -0.3 is 5.32 Å². The Morgan fingerprint density at radius 3 is 2.51 bits per heavy atom. The van der Waals surface area contributed by atoms with Crippen LogP contribution >= 0.6 is 11.3 Å². The van der Waals surface area contributed by atoms with Crippen molar-refractivity contribution in [2.24, 2.45) is 5.92 Å². The molecule has 12 heteroatoms. The van der Waals surface area contributed by atoms with E-state index in [0.717, 1.165) is 22.2 Å². The zero-order chi connectivity index (χ0) is 30.9. The molecule has 0 spiro atoms. The van der Waals surface area contributed by atoms with Crippen LogP contribution in [-0.4, -0.2) is 34.9 Å². The Morgan fingerprint density at radius 1 is 1.09 bits per heavy atom. The Bertz CT molecular complexity index is 1740. The number of hydrogen-bond acceptors (Lipinski definition) is 7. The van der Waals surface area contributed by atoms with Gasteiger partial charge in [-0.25, -0.2) is 13.4 Å². The molecule has 2 aromatic carbocycles. The average Bonchev–Trinajstić information content (AvgIpc) is 3.49. The number of anilines is 1. The summed E-state index contributed by atoms with van der Waals surface area (Å²) in [6.07, 6.45) is -3.30. The van der Waals surface area contributed by atoms with Crippen molar-refractivity contribution in [1.29, 1.82) is 0 Å². The lowest BCUT2D eigenvalue weighted by atomic mass is 10.0. The van der Waals surface area contributed by atoms with Crippen molar-refractivity contribution >= 4 is 32.2 Å². The third kappa shape index (κ3) is 6.81. The summed E-state index contributed by atoms with van der Waals surface area (Å²) >= 11 is 1.36. The molecular weight excluding hydrogens is 597 g/mol. The van der Waals surface area contributed by atoms with Crippen molar-refractivity contribution in [2.45, 2.75) is 57.4 Å². The van der Waals surface area contributed by atoms with E-state index in [-0.39, 0.29) is 34.9 Å². The molecular formula is C31H31F3N4O3S2. The molecule has 0 saturated carbocycles. The SMILES string of the molecule is CCS(=O)(=O)c1ccc(CC(=O)Nc2nc3c(s2)CN(Cc2ccnc(C(F)(F)F)c2)[C@@H]3C(C)C)cc1-c1ccccc1. The molecule has 1 aliphatic rings. The number of benzene rings is 2. The Hall–Kier alpha value is -3.61. The van der Waals surface area contributed by atoms with Crippen LogP contribution in [0.1, 0.15) is 54.2 Å². The number of amides is 1. The molecule has 43 heavy (non-hydrogen) atoms. The number of aromatic nitrogens is 2. The molecule has 0 bridgehead atoms. The maximum atomic E-state index is 13.2. The van der Waals surface area contributed by atoms with Gasteiger partial charge >= 0.3 is 6.18 Å². The summed E-state index contributed by atoms with van der Waals surface area (Å²) in [4.78, 5) is 24.5. The molecule has 1 aliphatic heterocycles. The Balaban J connectivity index is 1.31. The van der Waals surface area contributed by atoms with Crippen LogP contribution in [0.25, 0.3) is 11.1 Å². The van der Waals surface area contributed by atoms with E-state index < -0.39 is 21.7 Å². The minimum Gasteiger partial charge on any atom is -0.302 e. The second kappa shape index (κ2) is 12.2. The van der Waals surface area contributed by atoms with Crippen LogP contribution in [-0.2, 0) is 40.3 Å². The summed E-state index contributed by atoms with van der Waals surface area (Å²) in [5, 5.41) is 3.34. The highest BCUT2D eigenvalue weighted by Gasteiger charge is 2.37. The van der Waals surface area contributed by atoms with E-state index in [1.165, 1.54) is 17.5 Å². The molecule has 1 amide bonds. The molecule has 226 valence electrons. The fraction of sp³-hybridized carbons (Fsp3) is 0.323. The zero-order valence-electron chi connectivity index (χ0n) is 23.9. The van der Waals surface area contributed by atoms with Crippen LogP contribution in [0.2, 0.25) is 0 Å². The molecule has 2 aromatic heterocycles. The first-order valence-corrected chi connectivity index (χ1v) is 16.3. The number of hydrogen-bond donors (Lipinski definition) is 1. The Labute approximate surface area is 252 Å². The molecule has 0 aliphatic carbocycles. The van der Waals surface area contributed by atoms with Crippen LogP contribution in [0.4, 0.5) is 18.3 Å². The predicted molar refractivity (Wildman–Crippen MR) is 160 cm³/mol. The van der Waals surface area contributed by atoms with Gasteiger partial charge in [-0.15, -0.1) is 11.3 Å². The standard InChI is InChI=1S/C31H31F3N4O3S2/c1-4-43(40,41)25-11-10-20(14-23(25)22-8-6-5-7-9-22)16-27(39)36-30-37-28-24(42-30)18-38(29(28)19(2)3)17-21-12-13-35-26(15-21)31(32,33)34/h5-15,19,29H,4,16-18H2,1-3H3,(H,36,37,39)/t29-/m1/s1. The van der Waals surface area contributed by atoms with E-state index in [9.17, 15) is 26.4 Å². The Kier molecular flexibility index (Phi) is 8.73. The van der Waals surface area contributed by atoms with Gasteiger partial charge in [0.05, 0.1) is 28.8 Å². The number of carbonyl (C=O) groups is 1. The third-order valence-corrected chi connectivity index (χ3v) is 10.1. The monoisotopic (exact) mass is 628 g/mol. The van der Waals surface area contributed by atoms with Crippen LogP contribution in [0, 0.1) is 5.92 Å². The number of thiazole rings is 1. The van der Waals surface area contributed by atoms with Gasteiger partial charge in [-0.3, -0.25) is 14.7 Å². The molecule has 7 nitrogen and oxygen atoms in total. The highest BCUT2D eigenvalue weighted by atomic mass is 32.2.